The highest BCUT2D eigenvalue weighted by Gasteiger charge is 2.25. The molecule has 1 N–H and O–H groups in total. The number of aliphatic hydroxyl groups is 1. The van der Waals surface area contributed by atoms with E-state index in [1.165, 1.54) is 0 Å². The molecule has 0 saturated carbocycles. The maximum atomic E-state index is 11.9. The third-order valence-electron chi connectivity index (χ3n) is 3.11. The topological polar surface area (TPSA) is 40.5 Å². The SMILES string of the molecule is CC1CN(C(=O)/C=C/c2cccs2)CCC1O. The van der Waals surface area contributed by atoms with Gasteiger partial charge in [-0.1, -0.05) is 13.0 Å². The van der Waals surface area contributed by atoms with Crippen molar-refractivity contribution in [3.63, 3.8) is 0 Å². The minimum atomic E-state index is -0.264. The third kappa shape index (κ3) is 3.17. The second-order valence-electron chi connectivity index (χ2n) is 4.47. The van der Waals surface area contributed by atoms with Crippen molar-refractivity contribution in [1.82, 2.24) is 4.90 Å². The quantitative estimate of drug-likeness (QED) is 0.817. The van der Waals surface area contributed by atoms with Gasteiger partial charge in [0.05, 0.1) is 6.10 Å². The Morgan fingerprint density at radius 1 is 1.65 bits per heavy atom. The number of hydrogen-bond donors (Lipinski definition) is 1. The fourth-order valence-corrected chi connectivity index (χ4v) is 2.60. The van der Waals surface area contributed by atoms with Crippen molar-refractivity contribution < 1.29 is 9.90 Å². The van der Waals surface area contributed by atoms with Gasteiger partial charge in [-0.15, -0.1) is 11.3 Å². The average Bonchev–Trinajstić information content (AvgIpc) is 2.82. The molecule has 92 valence electrons. The molecule has 0 radical (unpaired) electrons. The van der Waals surface area contributed by atoms with Gasteiger partial charge in [0.2, 0.25) is 5.91 Å². The molecule has 0 aliphatic carbocycles. The maximum absolute atomic E-state index is 11.9. The second-order valence-corrected chi connectivity index (χ2v) is 5.45. The summed E-state index contributed by atoms with van der Waals surface area (Å²) in [5.41, 5.74) is 0. The molecule has 0 spiro atoms. The standard InChI is InChI=1S/C13H17NO2S/c1-10-9-14(7-6-12(10)15)13(16)5-4-11-3-2-8-17-11/h2-5,8,10,12,15H,6-7,9H2,1H3/b5-4+. The Balaban J connectivity index is 1.92. The van der Waals surface area contributed by atoms with Gasteiger partial charge in [0.25, 0.3) is 0 Å². The highest BCUT2D eigenvalue weighted by molar-refractivity contribution is 7.10. The molecule has 1 aliphatic rings. The van der Waals surface area contributed by atoms with Gasteiger partial charge in [-0.05, 0) is 29.9 Å². The molecule has 1 amide bonds. The van der Waals surface area contributed by atoms with Crippen molar-refractivity contribution in [3.05, 3.63) is 28.5 Å². The molecule has 0 aromatic carbocycles. The predicted octanol–water partition coefficient (Wildman–Crippen LogP) is 1.99. The zero-order valence-corrected chi connectivity index (χ0v) is 10.7. The molecule has 17 heavy (non-hydrogen) atoms. The van der Waals surface area contributed by atoms with Crippen molar-refractivity contribution in [2.24, 2.45) is 5.92 Å². The summed E-state index contributed by atoms with van der Waals surface area (Å²) in [5.74, 6) is 0.208. The van der Waals surface area contributed by atoms with Crippen LogP contribution < -0.4 is 0 Å². The van der Waals surface area contributed by atoms with Crippen molar-refractivity contribution >= 4 is 23.3 Å². The predicted molar refractivity (Wildman–Crippen MR) is 69.7 cm³/mol. The van der Waals surface area contributed by atoms with E-state index < -0.39 is 0 Å². The van der Waals surface area contributed by atoms with Crippen LogP contribution in [0.25, 0.3) is 6.08 Å². The first kappa shape index (κ1) is 12.3. The summed E-state index contributed by atoms with van der Waals surface area (Å²) >= 11 is 1.61. The average molecular weight is 251 g/mol. The minimum absolute atomic E-state index is 0.0390. The molecule has 2 heterocycles. The fraction of sp³-hybridized carbons (Fsp3) is 0.462. The Hall–Kier alpha value is -1.13. The Morgan fingerprint density at radius 3 is 3.12 bits per heavy atom. The van der Waals surface area contributed by atoms with Crippen LogP contribution in [-0.2, 0) is 4.79 Å². The Morgan fingerprint density at radius 2 is 2.47 bits per heavy atom. The first-order chi connectivity index (χ1) is 8.16. The number of aliphatic hydroxyl groups excluding tert-OH is 1. The van der Waals surface area contributed by atoms with Gasteiger partial charge in [-0.3, -0.25) is 4.79 Å². The molecule has 1 aliphatic heterocycles. The summed E-state index contributed by atoms with van der Waals surface area (Å²) in [6.07, 6.45) is 3.89. The number of carbonyl (C=O) groups excluding carboxylic acids is 1. The smallest absolute Gasteiger partial charge is 0.246 e. The van der Waals surface area contributed by atoms with Crippen LogP contribution in [-0.4, -0.2) is 35.1 Å². The molecule has 1 saturated heterocycles. The largest absolute Gasteiger partial charge is 0.393 e. The summed E-state index contributed by atoms with van der Waals surface area (Å²) in [5, 5.41) is 11.6. The van der Waals surface area contributed by atoms with Gasteiger partial charge in [0, 0.05) is 24.0 Å². The molecule has 2 atom stereocenters. The van der Waals surface area contributed by atoms with E-state index in [4.69, 9.17) is 0 Å². The van der Waals surface area contributed by atoms with Crippen LogP contribution in [0.1, 0.15) is 18.2 Å². The van der Waals surface area contributed by atoms with E-state index in [0.29, 0.717) is 19.5 Å². The molecule has 3 nitrogen and oxygen atoms in total. The molecular formula is C13H17NO2S. The van der Waals surface area contributed by atoms with Gasteiger partial charge >= 0.3 is 0 Å². The number of rotatable bonds is 2. The van der Waals surface area contributed by atoms with Crippen LogP contribution in [0.2, 0.25) is 0 Å². The maximum Gasteiger partial charge on any atom is 0.246 e. The molecule has 1 aromatic rings. The lowest BCUT2D eigenvalue weighted by molar-refractivity contribution is -0.129. The molecule has 0 bridgehead atoms. The summed E-state index contributed by atoms with van der Waals surface area (Å²) in [6, 6.07) is 3.95. The fourth-order valence-electron chi connectivity index (χ4n) is 1.98. The van der Waals surface area contributed by atoms with Gasteiger partial charge in [0.1, 0.15) is 0 Å². The van der Waals surface area contributed by atoms with Gasteiger partial charge < -0.3 is 10.0 Å². The Bertz CT molecular complexity index is 400. The van der Waals surface area contributed by atoms with Gasteiger partial charge in [-0.25, -0.2) is 0 Å². The van der Waals surface area contributed by atoms with E-state index >= 15 is 0 Å². The summed E-state index contributed by atoms with van der Waals surface area (Å²) in [6.45, 7) is 3.28. The van der Waals surface area contributed by atoms with Crippen molar-refractivity contribution in [2.75, 3.05) is 13.1 Å². The lowest BCUT2D eigenvalue weighted by Crippen LogP contribution is -2.44. The van der Waals surface area contributed by atoms with Crippen LogP contribution in [0.15, 0.2) is 23.6 Å². The zero-order valence-electron chi connectivity index (χ0n) is 9.87. The summed E-state index contributed by atoms with van der Waals surface area (Å²) in [4.78, 5) is 14.8. The molecule has 4 heteroatoms. The van der Waals surface area contributed by atoms with Gasteiger partial charge in [0.15, 0.2) is 0 Å². The third-order valence-corrected chi connectivity index (χ3v) is 3.94. The summed E-state index contributed by atoms with van der Waals surface area (Å²) in [7, 11) is 0. The number of likely N-dealkylation sites (tertiary alicyclic amines) is 1. The van der Waals surface area contributed by atoms with Crippen molar-refractivity contribution in [3.8, 4) is 0 Å². The highest BCUT2D eigenvalue weighted by atomic mass is 32.1. The number of amides is 1. The Kier molecular flexibility index (Phi) is 3.97. The lowest BCUT2D eigenvalue weighted by atomic mass is 9.97. The van der Waals surface area contributed by atoms with E-state index in [2.05, 4.69) is 0 Å². The first-order valence-corrected chi connectivity index (χ1v) is 6.73. The highest BCUT2D eigenvalue weighted by Crippen LogP contribution is 2.17. The number of hydrogen-bond acceptors (Lipinski definition) is 3. The van der Waals surface area contributed by atoms with Crippen molar-refractivity contribution in [1.29, 1.82) is 0 Å². The van der Waals surface area contributed by atoms with Crippen molar-refractivity contribution in [2.45, 2.75) is 19.4 Å². The van der Waals surface area contributed by atoms with Crippen LogP contribution in [0.3, 0.4) is 0 Å². The number of piperidine rings is 1. The number of nitrogens with zero attached hydrogens (tertiary/aromatic N) is 1. The first-order valence-electron chi connectivity index (χ1n) is 5.85. The molecule has 1 aromatic heterocycles. The van der Waals surface area contributed by atoms with Gasteiger partial charge in [-0.2, -0.15) is 0 Å². The molecule has 2 unspecified atom stereocenters. The monoisotopic (exact) mass is 251 g/mol. The van der Waals surface area contributed by atoms with E-state index in [-0.39, 0.29) is 17.9 Å². The van der Waals surface area contributed by atoms with Crippen LogP contribution in [0.5, 0.6) is 0 Å². The van der Waals surface area contributed by atoms with Crippen LogP contribution in [0, 0.1) is 5.92 Å². The van der Waals surface area contributed by atoms with E-state index in [1.807, 2.05) is 35.4 Å². The number of thiophene rings is 1. The molecule has 1 fully saturated rings. The van der Waals surface area contributed by atoms with E-state index in [9.17, 15) is 9.90 Å². The van der Waals surface area contributed by atoms with E-state index in [1.54, 1.807) is 17.4 Å². The number of carbonyl (C=O) groups is 1. The Labute approximate surface area is 105 Å². The van der Waals surface area contributed by atoms with Crippen LogP contribution >= 0.6 is 11.3 Å². The second kappa shape index (κ2) is 5.47. The lowest BCUT2D eigenvalue weighted by Gasteiger charge is -2.33. The minimum Gasteiger partial charge on any atom is -0.393 e. The van der Waals surface area contributed by atoms with Crippen LogP contribution in [0.4, 0.5) is 0 Å². The summed E-state index contributed by atoms with van der Waals surface area (Å²) < 4.78 is 0. The normalized spacial score (nSPS) is 25.4. The van der Waals surface area contributed by atoms with E-state index in [0.717, 1.165) is 4.88 Å². The molecular weight excluding hydrogens is 234 g/mol. The molecule has 2 rings (SSSR count). The zero-order chi connectivity index (χ0) is 12.3.